The van der Waals surface area contributed by atoms with Crippen LogP contribution < -0.4 is 20.7 Å². The Morgan fingerprint density at radius 3 is 2.60 bits per heavy atom. The molecule has 0 fully saturated rings. The van der Waals surface area contributed by atoms with Gasteiger partial charge >= 0.3 is 12.1 Å². The molecular weight excluding hydrogens is 575 g/mol. The quantitative estimate of drug-likeness (QED) is 0.201. The van der Waals surface area contributed by atoms with Crippen LogP contribution in [0.4, 0.5) is 42.0 Å². The normalized spacial score (nSPS) is 12.6. The molecule has 208 valence electrons. The summed E-state index contributed by atoms with van der Waals surface area (Å²) in [5.41, 5.74) is 2.04. The summed E-state index contributed by atoms with van der Waals surface area (Å²) in [6.07, 6.45) is -2.11. The fourth-order valence-corrected chi connectivity index (χ4v) is 4.12. The number of furan rings is 1. The van der Waals surface area contributed by atoms with Crippen molar-refractivity contribution in [3.63, 3.8) is 0 Å². The summed E-state index contributed by atoms with van der Waals surface area (Å²) in [4.78, 5) is 31.2. The van der Waals surface area contributed by atoms with E-state index in [1.165, 1.54) is 12.5 Å². The summed E-state index contributed by atoms with van der Waals surface area (Å²) in [6, 6.07) is 16.6. The zero-order valence-corrected chi connectivity index (χ0v) is 21.7. The van der Waals surface area contributed by atoms with Gasteiger partial charge in [0.05, 0.1) is 19.1 Å². The topological polar surface area (TPSA) is 139 Å². The van der Waals surface area contributed by atoms with Crippen molar-refractivity contribution in [2.45, 2.75) is 11.1 Å². The van der Waals surface area contributed by atoms with Crippen LogP contribution in [-0.2, 0) is 4.79 Å². The number of fused-ring (bicyclic) bond motifs is 6. The molecular formula is C25H19ClF3N5O5S. The number of nitrogens with zero attached hydrogens (tertiary/aromatic N) is 2. The van der Waals surface area contributed by atoms with Gasteiger partial charge in [-0.3, -0.25) is 4.79 Å². The van der Waals surface area contributed by atoms with E-state index < -0.39 is 12.1 Å². The fourth-order valence-electron chi connectivity index (χ4n) is 3.19. The number of thioether (sulfide) groups is 1. The van der Waals surface area contributed by atoms with Crippen LogP contribution >= 0.6 is 23.4 Å². The number of ether oxygens (including phenoxy) is 1. The molecule has 1 aliphatic rings. The van der Waals surface area contributed by atoms with E-state index in [1.54, 1.807) is 36.0 Å². The number of rotatable bonds is 2. The lowest BCUT2D eigenvalue weighted by Gasteiger charge is -2.13. The molecule has 6 bridgehead atoms. The van der Waals surface area contributed by atoms with Gasteiger partial charge in [0.2, 0.25) is 5.95 Å². The minimum Gasteiger partial charge on any atom is -0.493 e. The van der Waals surface area contributed by atoms with E-state index in [4.69, 9.17) is 30.7 Å². The smallest absolute Gasteiger partial charge is 0.490 e. The van der Waals surface area contributed by atoms with Gasteiger partial charge in [0.1, 0.15) is 10.8 Å². The standard InChI is InChI=1S/C23H18ClN5O3S.C2HF3O2/c24-19-13-25-23-28-16-9-15(27-22(30)20-5-2-6-32-20)10-17(11-16)31-7-8-33-18-4-1-3-14(12-18)26-21(19)29-23;3-2(4,5)1(6)7/h1-6,9-13H,7-8H2,(H,27,30)(H2,25,26,28,29);(H,6,7). The number of amides is 1. The van der Waals surface area contributed by atoms with Crippen LogP contribution in [0.25, 0.3) is 0 Å². The lowest BCUT2D eigenvalue weighted by molar-refractivity contribution is -0.192. The second-order valence-corrected chi connectivity index (χ2v) is 9.42. The van der Waals surface area contributed by atoms with Crippen LogP contribution in [0, 0.1) is 0 Å². The van der Waals surface area contributed by atoms with E-state index in [2.05, 4.69) is 25.9 Å². The van der Waals surface area contributed by atoms with Gasteiger partial charge in [-0.05, 0) is 36.4 Å². The number of hydrogen-bond donors (Lipinski definition) is 4. The van der Waals surface area contributed by atoms with Gasteiger partial charge in [0, 0.05) is 39.8 Å². The lowest BCUT2D eigenvalue weighted by Crippen LogP contribution is -2.21. The van der Waals surface area contributed by atoms with Gasteiger partial charge in [-0.25, -0.2) is 9.78 Å². The highest BCUT2D eigenvalue weighted by Gasteiger charge is 2.38. The zero-order valence-electron chi connectivity index (χ0n) is 20.2. The van der Waals surface area contributed by atoms with Gasteiger partial charge in [0.15, 0.2) is 11.6 Å². The molecule has 0 atom stereocenters. The lowest BCUT2D eigenvalue weighted by atomic mass is 10.2. The number of carbonyl (C=O) groups is 2. The maximum atomic E-state index is 12.5. The van der Waals surface area contributed by atoms with Crippen molar-refractivity contribution in [3.05, 3.63) is 77.8 Å². The molecule has 0 saturated carbocycles. The van der Waals surface area contributed by atoms with Crippen LogP contribution in [0.15, 0.2) is 76.4 Å². The minimum absolute atomic E-state index is 0.212. The largest absolute Gasteiger partial charge is 0.493 e. The SMILES string of the molecule is O=C(Nc1cc2cc(c1)OCCSc1cccc(c1)Nc1nc(ncc1Cl)N2)c1ccco1.O=C(O)C(F)(F)F. The molecule has 5 rings (SSSR count). The van der Waals surface area contributed by atoms with Gasteiger partial charge < -0.3 is 30.2 Å². The zero-order chi connectivity index (χ0) is 28.7. The molecule has 4 N–H and O–H groups in total. The highest BCUT2D eigenvalue weighted by Crippen LogP contribution is 2.31. The molecule has 3 heterocycles. The van der Waals surface area contributed by atoms with Crippen molar-refractivity contribution >= 4 is 64.1 Å². The Kier molecular flexibility index (Phi) is 9.01. The monoisotopic (exact) mass is 593 g/mol. The molecule has 0 aliphatic carbocycles. The third kappa shape index (κ3) is 8.04. The van der Waals surface area contributed by atoms with Crippen molar-refractivity contribution in [2.24, 2.45) is 0 Å². The van der Waals surface area contributed by atoms with Gasteiger partial charge in [-0.1, -0.05) is 17.7 Å². The molecule has 1 aliphatic heterocycles. The molecule has 0 spiro atoms. The van der Waals surface area contributed by atoms with Gasteiger partial charge in [-0.2, -0.15) is 18.2 Å². The Morgan fingerprint density at radius 1 is 1.07 bits per heavy atom. The van der Waals surface area contributed by atoms with Crippen molar-refractivity contribution < 1.29 is 37.0 Å². The maximum absolute atomic E-state index is 12.5. The van der Waals surface area contributed by atoms with Crippen molar-refractivity contribution in [3.8, 4) is 5.75 Å². The Bertz CT molecular complexity index is 1500. The number of alkyl halides is 3. The van der Waals surface area contributed by atoms with Crippen molar-refractivity contribution in [1.82, 2.24) is 9.97 Å². The number of halogens is 4. The van der Waals surface area contributed by atoms with E-state index in [9.17, 15) is 18.0 Å². The maximum Gasteiger partial charge on any atom is 0.490 e. The van der Waals surface area contributed by atoms with Crippen molar-refractivity contribution in [1.29, 1.82) is 0 Å². The molecule has 0 unspecified atom stereocenters. The molecule has 15 heteroatoms. The third-order valence-corrected chi connectivity index (χ3v) is 6.10. The first kappa shape index (κ1) is 28.6. The number of carbonyl (C=O) groups excluding carboxylic acids is 1. The third-order valence-electron chi connectivity index (χ3n) is 4.87. The summed E-state index contributed by atoms with van der Waals surface area (Å²) >= 11 is 7.99. The van der Waals surface area contributed by atoms with E-state index >= 15 is 0 Å². The fraction of sp³-hybridized carbons (Fsp3) is 0.120. The summed E-state index contributed by atoms with van der Waals surface area (Å²) < 4.78 is 42.9. The van der Waals surface area contributed by atoms with E-state index in [0.29, 0.717) is 40.5 Å². The van der Waals surface area contributed by atoms with E-state index in [0.717, 1.165) is 16.3 Å². The highest BCUT2D eigenvalue weighted by atomic mass is 35.5. The number of aliphatic carboxylic acids is 1. The molecule has 2 aromatic carbocycles. The number of benzene rings is 2. The molecule has 40 heavy (non-hydrogen) atoms. The van der Waals surface area contributed by atoms with Gasteiger partial charge in [-0.15, -0.1) is 11.8 Å². The molecule has 0 saturated heterocycles. The molecule has 1 amide bonds. The average Bonchev–Trinajstić information content (AvgIpc) is 3.44. The number of carboxylic acid groups (broad SMARTS) is 1. The number of aromatic nitrogens is 2. The van der Waals surface area contributed by atoms with Crippen LogP contribution in [0.5, 0.6) is 5.75 Å². The summed E-state index contributed by atoms with van der Waals surface area (Å²) in [6.45, 7) is 0.480. The Balaban J connectivity index is 0.000000470. The number of carboxylic acids is 1. The first-order valence-electron chi connectivity index (χ1n) is 11.3. The minimum atomic E-state index is -5.08. The number of hydrogen-bond acceptors (Lipinski definition) is 9. The predicted molar refractivity (Wildman–Crippen MR) is 143 cm³/mol. The Morgan fingerprint density at radius 2 is 1.88 bits per heavy atom. The van der Waals surface area contributed by atoms with Gasteiger partial charge in [0.25, 0.3) is 5.91 Å². The number of anilines is 5. The second kappa shape index (κ2) is 12.6. The van der Waals surface area contributed by atoms with Crippen molar-refractivity contribution in [2.75, 3.05) is 28.3 Å². The molecule has 4 aromatic rings. The molecule has 2 aromatic heterocycles. The van der Waals surface area contributed by atoms with Crippen LogP contribution in [-0.4, -0.2) is 45.5 Å². The Hall–Kier alpha value is -4.43. The summed E-state index contributed by atoms with van der Waals surface area (Å²) in [5, 5.41) is 16.7. The molecule has 0 radical (unpaired) electrons. The highest BCUT2D eigenvalue weighted by molar-refractivity contribution is 7.99. The van der Waals surface area contributed by atoms with E-state index in [-0.39, 0.29) is 11.7 Å². The average molecular weight is 594 g/mol. The van der Waals surface area contributed by atoms with Crippen LogP contribution in [0.3, 0.4) is 0 Å². The number of nitrogens with one attached hydrogen (secondary N) is 3. The summed E-state index contributed by atoms with van der Waals surface area (Å²) in [7, 11) is 0. The second-order valence-electron chi connectivity index (χ2n) is 7.85. The van der Waals surface area contributed by atoms with E-state index in [1.807, 2.05) is 30.3 Å². The molecule has 10 nitrogen and oxygen atoms in total. The van der Waals surface area contributed by atoms with Crippen LogP contribution in [0.1, 0.15) is 10.6 Å². The first-order chi connectivity index (χ1) is 19.1. The Labute approximate surface area is 233 Å². The van der Waals surface area contributed by atoms with Crippen LogP contribution in [0.2, 0.25) is 5.02 Å². The first-order valence-corrected chi connectivity index (χ1v) is 12.7. The summed E-state index contributed by atoms with van der Waals surface area (Å²) in [5.74, 6) is -0.766. The predicted octanol–water partition coefficient (Wildman–Crippen LogP) is 6.58.